The fraction of sp³-hybridized carbons (Fsp3) is 0.267. The van der Waals surface area contributed by atoms with E-state index in [4.69, 9.17) is 5.11 Å². The lowest BCUT2D eigenvalue weighted by molar-refractivity contribution is -0.142. The quantitative estimate of drug-likeness (QED) is 0.774. The topological polar surface area (TPSA) is 68.8 Å². The number of halogens is 3. The molecule has 3 rings (SSSR count). The number of hydrogen-bond acceptors (Lipinski definition) is 4. The van der Waals surface area contributed by atoms with E-state index in [1.54, 1.807) is 0 Å². The largest absolute Gasteiger partial charge is 0.435 e. The molecule has 0 spiro atoms. The van der Waals surface area contributed by atoms with Crippen molar-refractivity contribution in [2.45, 2.75) is 19.1 Å². The first-order valence-electron chi connectivity index (χ1n) is 7.17. The summed E-state index contributed by atoms with van der Waals surface area (Å²) in [4.78, 5) is 4.10. The molecule has 0 bridgehead atoms. The summed E-state index contributed by atoms with van der Waals surface area (Å²) in [5.74, 6) is 0.339. The molecule has 0 saturated heterocycles. The molecule has 0 aliphatic heterocycles. The van der Waals surface area contributed by atoms with E-state index in [1.807, 2.05) is 30.3 Å². The normalized spacial score (nSPS) is 11.8. The Balaban J connectivity index is 1.83. The average Bonchev–Trinajstić information content (AvgIpc) is 3.16. The van der Waals surface area contributed by atoms with Gasteiger partial charge in [0.05, 0.1) is 5.69 Å². The van der Waals surface area contributed by atoms with Crippen molar-refractivity contribution >= 4 is 0 Å². The Morgan fingerprint density at radius 1 is 1.08 bits per heavy atom. The molecule has 1 N–H and O–H groups in total. The fourth-order valence-corrected chi connectivity index (χ4v) is 2.31. The molecule has 0 aliphatic carbocycles. The minimum atomic E-state index is -4.56. The molecule has 2 aromatic heterocycles. The van der Waals surface area contributed by atoms with Gasteiger partial charge in [-0.1, -0.05) is 18.2 Å². The maximum atomic E-state index is 13.0. The van der Waals surface area contributed by atoms with Gasteiger partial charge in [0.15, 0.2) is 11.5 Å². The van der Waals surface area contributed by atoms with Crippen LogP contribution in [0.15, 0.2) is 42.9 Å². The van der Waals surface area contributed by atoms with E-state index in [0.29, 0.717) is 5.82 Å². The van der Waals surface area contributed by atoms with Crippen molar-refractivity contribution in [1.29, 1.82) is 0 Å². The first-order chi connectivity index (χ1) is 11.5. The molecule has 24 heavy (non-hydrogen) atoms. The molecule has 9 heteroatoms. The highest BCUT2D eigenvalue weighted by Gasteiger charge is 2.36. The lowest BCUT2D eigenvalue weighted by Crippen LogP contribution is -2.11. The zero-order valence-corrected chi connectivity index (χ0v) is 12.5. The van der Waals surface area contributed by atoms with Crippen molar-refractivity contribution in [2.24, 2.45) is 0 Å². The van der Waals surface area contributed by atoms with Gasteiger partial charge in [0.1, 0.15) is 12.9 Å². The van der Waals surface area contributed by atoms with E-state index >= 15 is 0 Å². The SMILES string of the molecule is OCCc1cn(Cc2ncn(-c3ccccc3)n2)nc1C(F)(F)F. The van der Waals surface area contributed by atoms with Crippen LogP contribution in [0.1, 0.15) is 17.1 Å². The third-order valence-corrected chi connectivity index (χ3v) is 3.35. The monoisotopic (exact) mass is 337 g/mol. The van der Waals surface area contributed by atoms with Gasteiger partial charge in [-0.15, -0.1) is 5.10 Å². The second-order valence-corrected chi connectivity index (χ2v) is 5.11. The van der Waals surface area contributed by atoms with Gasteiger partial charge in [-0.2, -0.15) is 18.3 Å². The van der Waals surface area contributed by atoms with Crippen LogP contribution >= 0.6 is 0 Å². The first-order valence-corrected chi connectivity index (χ1v) is 7.17. The lowest BCUT2D eigenvalue weighted by atomic mass is 10.2. The van der Waals surface area contributed by atoms with Gasteiger partial charge < -0.3 is 5.11 Å². The summed E-state index contributed by atoms with van der Waals surface area (Å²) in [5, 5.41) is 16.7. The number of aliphatic hydroxyl groups excluding tert-OH is 1. The predicted molar refractivity (Wildman–Crippen MR) is 78.5 cm³/mol. The molecule has 0 unspecified atom stereocenters. The number of hydrogen-bond donors (Lipinski definition) is 1. The molecule has 0 saturated carbocycles. The zero-order valence-electron chi connectivity index (χ0n) is 12.5. The van der Waals surface area contributed by atoms with Gasteiger partial charge in [0.25, 0.3) is 0 Å². The van der Waals surface area contributed by atoms with E-state index in [2.05, 4.69) is 15.2 Å². The van der Waals surface area contributed by atoms with Crippen LogP contribution in [-0.4, -0.2) is 36.3 Å². The zero-order chi connectivity index (χ0) is 17.2. The molecule has 2 heterocycles. The molecular formula is C15H14F3N5O. The highest BCUT2D eigenvalue weighted by molar-refractivity contribution is 5.29. The highest BCUT2D eigenvalue weighted by atomic mass is 19.4. The summed E-state index contributed by atoms with van der Waals surface area (Å²) in [6.45, 7) is -0.371. The second kappa shape index (κ2) is 6.44. The van der Waals surface area contributed by atoms with Crippen LogP contribution in [0.4, 0.5) is 13.2 Å². The number of nitrogens with zero attached hydrogens (tertiary/aromatic N) is 5. The molecule has 6 nitrogen and oxygen atoms in total. The van der Waals surface area contributed by atoms with E-state index in [-0.39, 0.29) is 25.1 Å². The van der Waals surface area contributed by atoms with Gasteiger partial charge in [-0.25, -0.2) is 9.67 Å². The summed E-state index contributed by atoms with van der Waals surface area (Å²) in [5.41, 5.74) is -0.236. The summed E-state index contributed by atoms with van der Waals surface area (Å²) in [6, 6.07) is 9.25. The Labute approximate surface area is 135 Å². The van der Waals surface area contributed by atoms with E-state index in [0.717, 1.165) is 10.4 Å². The maximum Gasteiger partial charge on any atom is 0.435 e. The molecule has 0 amide bonds. The minimum Gasteiger partial charge on any atom is -0.396 e. The molecular weight excluding hydrogens is 323 g/mol. The van der Waals surface area contributed by atoms with Crippen LogP contribution in [0.25, 0.3) is 5.69 Å². The van der Waals surface area contributed by atoms with E-state index in [1.165, 1.54) is 17.2 Å². The number of aliphatic hydroxyl groups is 1. The maximum absolute atomic E-state index is 13.0. The molecule has 126 valence electrons. The van der Waals surface area contributed by atoms with Crippen LogP contribution in [0, 0.1) is 0 Å². The Morgan fingerprint density at radius 3 is 2.50 bits per heavy atom. The van der Waals surface area contributed by atoms with Crippen molar-refractivity contribution < 1.29 is 18.3 Å². The summed E-state index contributed by atoms with van der Waals surface area (Å²) in [7, 11) is 0. The predicted octanol–water partition coefficient (Wildman–Crippen LogP) is 2.07. The average molecular weight is 337 g/mol. The Kier molecular flexibility index (Phi) is 4.34. The number of alkyl halides is 3. The van der Waals surface area contributed by atoms with Gasteiger partial charge >= 0.3 is 6.18 Å². The number of benzene rings is 1. The molecule has 0 radical (unpaired) electrons. The van der Waals surface area contributed by atoms with Crippen molar-refractivity contribution in [3.05, 3.63) is 59.9 Å². The number of para-hydroxylation sites is 1. The third kappa shape index (κ3) is 3.46. The fourth-order valence-electron chi connectivity index (χ4n) is 2.31. The Hall–Kier alpha value is -2.68. The highest BCUT2D eigenvalue weighted by Crippen LogP contribution is 2.30. The molecule has 0 aliphatic rings. The van der Waals surface area contributed by atoms with Crippen LogP contribution in [0.3, 0.4) is 0 Å². The van der Waals surface area contributed by atoms with Crippen molar-refractivity contribution in [1.82, 2.24) is 24.5 Å². The van der Waals surface area contributed by atoms with Crippen molar-refractivity contribution in [3.8, 4) is 5.69 Å². The van der Waals surface area contributed by atoms with E-state index < -0.39 is 11.9 Å². The van der Waals surface area contributed by atoms with Gasteiger partial charge in [-0.05, 0) is 18.6 Å². The van der Waals surface area contributed by atoms with Crippen LogP contribution in [0.2, 0.25) is 0 Å². The number of rotatable bonds is 5. The smallest absolute Gasteiger partial charge is 0.396 e. The molecule has 1 aromatic carbocycles. The first kappa shape index (κ1) is 16.2. The van der Waals surface area contributed by atoms with Gasteiger partial charge in [0.2, 0.25) is 0 Å². The standard InChI is InChI=1S/C15H14F3N5O/c16-15(17,18)14-11(6-7-24)8-22(21-14)9-13-19-10-23(20-13)12-4-2-1-3-5-12/h1-5,8,10,24H,6-7,9H2. The number of aromatic nitrogens is 5. The van der Waals surface area contributed by atoms with Crippen LogP contribution in [-0.2, 0) is 19.1 Å². The van der Waals surface area contributed by atoms with Crippen molar-refractivity contribution in [3.63, 3.8) is 0 Å². The summed E-state index contributed by atoms with van der Waals surface area (Å²) in [6.07, 6.45) is -1.91. The van der Waals surface area contributed by atoms with E-state index in [9.17, 15) is 13.2 Å². The lowest BCUT2D eigenvalue weighted by Gasteiger charge is -2.04. The Bertz CT molecular complexity index is 810. The molecule has 0 fully saturated rings. The Morgan fingerprint density at radius 2 is 1.83 bits per heavy atom. The van der Waals surface area contributed by atoms with Gasteiger partial charge in [0, 0.05) is 18.4 Å². The minimum absolute atomic E-state index is 0.00828. The van der Waals surface area contributed by atoms with Crippen molar-refractivity contribution in [2.75, 3.05) is 6.61 Å². The van der Waals surface area contributed by atoms with Crippen LogP contribution < -0.4 is 0 Å². The second-order valence-electron chi connectivity index (χ2n) is 5.11. The molecule has 3 aromatic rings. The third-order valence-electron chi connectivity index (χ3n) is 3.35. The van der Waals surface area contributed by atoms with Gasteiger partial charge in [-0.3, -0.25) is 4.68 Å². The van der Waals surface area contributed by atoms with Crippen LogP contribution in [0.5, 0.6) is 0 Å². The molecule has 0 atom stereocenters. The summed E-state index contributed by atoms with van der Waals surface area (Å²) < 4.78 is 41.5. The summed E-state index contributed by atoms with van der Waals surface area (Å²) >= 11 is 0.